The standard InChI is InChI=1S/C33H54N2O/c1-4-6-8-10-11-12-13-14-15-16-18-20-22-30-27-34-33(35-28-30)31-23-25-32(26-24-31)36-29(3)21-19-17-9-7-5-2/h23-29H,4-22H2,1-3H3/t29-/m0/s1. The number of benzene rings is 1. The monoisotopic (exact) mass is 494 g/mol. The first-order chi connectivity index (χ1) is 17.7. The van der Waals surface area contributed by atoms with Crippen molar-refractivity contribution in [1.82, 2.24) is 9.97 Å². The van der Waals surface area contributed by atoms with E-state index in [1.165, 1.54) is 115 Å². The summed E-state index contributed by atoms with van der Waals surface area (Å²) in [6.45, 7) is 6.72. The van der Waals surface area contributed by atoms with Crippen molar-refractivity contribution < 1.29 is 4.74 Å². The Bertz CT molecular complexity index is 756. The van der Waals surface area contributed by atoms with Gasteiger partial charge in [-0.15, -0.1) is 0 Å². The number of rotatable bonds is 22. The smallest absolute Gasteiger partial charge is 0.159 e. The van der Waals surface area contributed by atoms with Gasteiger partial charge in [0.2, 0.25) is 0 Å². The number of unbranched alkanes of at least 4 members (excludes halogenated alkanes) is 15. The molecule has 0 radical (unpaired) electrons. The quantitative estimate of drug-likeness (QED) is 0.153. The maximum Gasteiger partial charge on any atom is 0.159 e. The van der Waals surface area contributed by atoms with E-state index in [9.17, 15) is 0 Å². The number of aryl methyl sites for hydroxylation is 1. The lowest BCUT2D eigenvalue weighted by Gasteiger charge is -2.15. The fourth-order valence-electron chi connectivity index (χ4n) is 4.81. The zero-order chi connectivity index (χ0) is 25.7. The molecule has 0 saturated carbocycles. The molecular weight excluding hydrogens is 440 g/mol. The summed E-state index contributed by atoms with van der Waals surface area (Å²) in [6.07, 6.45) is 29.7. The van der Waals surface area contributed by atoms with Gasteiger partial charge in [0, 0.05) is 18.0 Å². The van der Waals surface area contributed by atoms with E-state index in [1.54, 1.807) is 0 Å². The van der Waals surface area contributed by atoms with Gasteiger partial charge >= 0.3 is 0 Å². The summed E-state index contributed by atoms with van der Waals surface area (Å²) in [6, 6.07) is 8.24. The molecule has 202 valence electrons. The Morgan fingerprint density at radius 2 is 1.08 bits per heavy atom. The average Bonchev–Trinajstić information content (AvgIpc) is 2.90. The molecule has 0 amide bonds. The summed E-state index contributed by atoms with van der Waals surface area (Å²) in [4.78, 5) is 9.26. The predicted molar refractivity (Wildman–Crippen MR) is 156 cm³/mol. The molecule has 36 heavy (non-hydrogen) atoms. The number of aromatic nitrogens is 2. The minimum Gasteiger partial charge on any atom is -0.491 e. The van der Waals surface area contributed by atoms with Gasteiger partial charge in [-0.2, -0.15) is 0 Å². The van der Waals surface area contributed by atoms with Crippen molar-refractivity contribution in [3.63, 3.8) is 0 Å². The fraction of sp³-hybridized carbons (Fsp3) is 0.697. The third kappa shape index (κ3) is 14.0. The molecule has 0 bridgehead atoms. The van der Waals surface area contributed by atoms with Crippen LogP contribution in [-0.2, 0) is 6.42 Å². The summed E-state index contributed by atoms with van der Waals surface area (Å²) in [5.74, 6) is 1.73. The van der Waals surface area contributed by atoms with Crippen LogP contribution in [0.15, 0.2) is 36.7 Å². The van der Waals surface area contributed by atoms with Crippen LogP contribution >= 0.6 is 0 Å². The van der Waals surface area contributed by atoms with Gasteiger partial charge in [0.1, 0.15) is 5.75 Å². The molecule has 0 aliphatic heterocycles. The lowest BCUT2D eigenvalue weighted by atomic mass is 10.0. The molecule has 3 nitrogen and oxygen atoms in total. The van der Waals surface area contributed by atoms with E-state index in [0.717, 1.165) is 30.0 Å². The van der Waals surface area contributed by atoms with Crippen LogP contribution in [0.3, 0.4) is 0 Å². The molecule has 2 rings (SSSR count). The molecule has 1 heterocycles. The Kier molecular flexibility index (Phi) is 17.0. The summed E-state index contributed by atoms with van der Waals surface area (Å²) in [5.41, 5.74) is 2.30. The molecule has 2 aromatic rings. The van der Waals surface area contributed by atoms with Gasteiger partial charge in [-0.3, -0.25) is 0 Å². The normalized spacial score (nSPS) is 12.1. The third-order valence-corrected chi connectivity index (χ3v) is 7.19. The van der Waals surface area contributed by atoms with Crippen LogP contribution in [0.2, 0.25) is 0 Å². The Hall–Kier alpha value is -1.90. The van der Waals surface area contributed by atoms with Crippen molar-refractivity contribution in [3.8, 4) is 17.1 Å². The van der Waals surface area contributed by atoms with Crippen LogP contribution in [-0.4, -0.2) is 16.1 Å². The lowest BCUT2D eigenvalue weighted by Crippen LogP contribution is -2.11. The fourth-order valence-corrected chi connectivity index (χ4v) is 4.81. The van der Waals surface area contributed by atoms with E-state index < -0.39 is 0 Å². The molecule has 1 aromatic carbocycles. The molecular formula is C33H54N2O. The molecule has 1 atom stereocenters. The number of ether oxygens (including phenoxy) is 1. The Morgan fingerprint density at radius 3 is 1.61 bits per heavy atom. The van der Waals surface area contributed by atoms with Crippen LogP contribution in [0.4, 0.5) is 0 Å². The third-order valence-electron chi connectivity index (χ3n) is 7.19. The number of hydrogen-bond acceptors (Lipinski definition) is 3. The molecule has 0 spiro atoms. The first-order valence-electron chi connectivity index (χ1n) is 15.3. The summed E-state index contributed by atoms with van der Waals surface area (Å²) in [7, 11) is 0. The van der Waals surface area contributed by atoms with Crippen LogP contribution < -0.4 is 4.74 Å². The van der Waals surface area contributed by atoms with Crippen LogP contribution in [0, 0.1) is 0 Å². The van der Waals surface area contributed by atoms with Crippen molar-refractivity contribution in [3.05, 3.63) is 42.2 Å². The molecule has 3 heteroatoms. The van der Waals surface area contributed by atoms with Crippen LogP contribution in [0.5, 0.6) is 5.75 Å². The lowest BCUT2D eigenvalue weighted by molar-refractivity contribution is 0.206. The van der Waals surface area contributed by atoms with Gasteiger partial charge in [0.05, 0.1) is 6.10 Å². The molecule has 0 aliphatic carbocycles. The second kappa shape index (κ2) is 20.2. The first-order valence-corrected chi connectivity index (χ1v) is 15.3. The minimum absolute atomic E-state index is 0.258. The molecule has 0 unspecified atom stereocenters. The largest absolute Gasteiger partial charge is 0.491 e. The Balaban J connectivity index is 1.57. The second-order valence-electron chi connectivity index (χ2n) is 10.7. The van der Waals surface area contributed by atoms with Crippen molar-refractivity contribution in [2.24, 2.45) is 0 Å². The van der Waals surface area contributed by atoms with Gasteiger partial charge < -0.3 is 4.74 Å². The molecule has 0 saturated heterocycles. The maximum absolute atomic E-state index is 6.10. The van der Waals surface area contributed by atoms with E-state index in [1.807, 2.05) is 24.5 Å². The first kappa shape index (κ1) is 30.3. The molecule has 0 aliphatic rings. The van der Waals surface area contributed by atoms with Gasteiger partial charge in [-0.25, -0.2) is 9.97 Å². The Labute approximate surface area is 222 Å². The highest BCUT2D eigenvalue weighted by atomic mass is 16.5. The van der Waals surface area contributed by atoms with Crippen LogP contribution in [0.25, 0.3) is 11.4 Å². The summed E-state index contributed by atoms with van der Waals surface area (Å²) < 4.78 is 6.10. The second-order valence-corrected chi connectivity index (χ2v) is 10.7. The van der Waals surface area contributed by atoms with E-state index in [4.69, 9.17) is 4.74 Å². The topological polar surface area (TPSA) is 35.0 Å². The SMILES string of the molecule is CCCCCCCCCCCCCCc1cnc(-c2ccc(O[C@@H](C)CCCCCCC)cc2)nc1. The zero-order valence-corrected chi connectivity index (χ0v) is 23.8. The number of hydrogen-bond donors (Lipinski definition) is 0. The van der Waals surface area contributed by atoms with Crippen molar-refractivity contribution in [1.29, 1.82) is 0 Å². The van der Waals surface area contributed by atoms with Gasteiger partial charge in [0.15, 0.2) is 5.82 Å². The molecule has 0 fully saturated rings. The zero-order valence-electron chi connectivity index (χ0n) is 23.8. The minimum atomic E-state index is 0.258. The average molecular weight is 495 g/mol. The highest BCUT2D eigenvalue weighted by Crippen LogP contribution is 2.21. The van der Waals surface area contributed by atoms with Gasteiger partial charge in [-0.1, -0.05) is 110 Å². The van der Waals surface area contributed by atoms with E-state index in [-0.39, 0.29) is 6.10 Å². The van der Waals surface area contributed by atoms with E-state index in [0.29, 0.717) is 0 Å². The van der Waals surface area contributed by atoms with Gasteiger partial charge in [-0.05, 0) is 62.4 Å². The van der Waals surface area contributed by atoms with Crippen molar-refractivity contribution in [2.45, 2.75) is 149 Å². The van der Waals surface area contributed by atoms with Crippen molar-refractivity contribution in [2.75, 3.05) is 0 Å². The highest BCUT2D eigenvalue weighted by Gasteiger charge is 2.06. The van der Waals surface area contributed by atoms with E-state index >= 15 is 0 Å². The highest BCUT2D eigenvalue weighted by molar-refractivity contribution is 5.55. The van der Waals surface area contributed by atoms with Gasteiger partial charge in [0.25, 0.3) is 0 Å². The summed E-state index contributed by atoms with van der Waals surface area (Å²) >= 11 is 0. The Morgan fingerprint density at radius 1 is 0.611 bits per heavy atom. The molecule has 1 aromatic heterocycles. The maximum atomic E-state index is 6.10. The molecule has 0 N–H and O–H groups in total. The predicted octanol–water partition coefficient (Wildman–Crippen LogP) is 10.5. The van der Waals surface area contributed by atoms with Crippen molar-refractivity contribution >= 4 is 0 Å². The summed E-state index contributed by atoms with van der Waals surface area (Å²) in [5, 5.41) is 0. The van der Waals surface area contributed by atoms with E-state index in [2.05, 4.69) is 42.9 Å². The van der Waals surface area contributed by atoms with Crippen LogP contribution in [0.1, 0.15) is 142 Å². The number of nitrogens with zero attached hydrogens (tertiary/aromatic N) is 2.